The van der Waals surface area contributed by atoms with Gasteiger partial charge in [-0.2, -0.15) is 0 Å². The number of benzene rings is 2. The number of methoxy groups -OCH3 is 1. The Morgan fingerprint density at radius 3 is 2.56 bits per heavy atom. The molecule has 1 saturated heterocycles. The lowest BCUT2D eigenvalue weighted by molar-refractivity contribution is -0.117. The fourth-order valence-electron chi connectivity index (χ4n) is 2.79. The second-order valence-corrected chi connectivity index (χ2v) is 6.48. The summed E-state index contributed by atoms with van der Waals surface area (Å²) in [6.07, 6.45) is 1.23. The van der Waals surface area contributed by atoms with Crippen LogP contribution in [0.5, 0.6) is 5.75 Å². The van der Waals surface area contributed by atoms with E-state index in [4.69, 9.17) is 27.9 Å². The Hall–Kier alpha value is -2.24. The van der Waals surface area contributed by atoms with Crippen molar-refractivity contribution >= 4 is 46.4 Å². The Morgan fingerprint density at radius 2 is 1.88 bits per heavy atom. The minimum absolute atomic E-state index is 0.0170. The van der Waals surface area contributed by atoms with E-state index in [0.717, 1.165) is 6.42 Å². The highest BCUT2D eigenvalue weighted by Crippen LogP contribution is 2.32. The quantitative estimate of drug-likeness (QED) is 0.858. The number of hydrogen-bond acceptors (Lipinski definition) is 3. The van der Waals surface area contributed by atoms with Crippen molar-refractivity contribution < 1.29 is 14.3 Å². The summed E-state index contributed by atoms with van der Waals surface area (Å²) in [5.74, 6) is 0.106. The smallest absolute Gasteiger partial charge is 0.257 e. The summed E-state index contributed by atoms with van der Waals surface area (Å²) in [6, 6.07) is 9.81. The molecule has 0 radical (unpaired) electrons. The molecule has 25 heavy (non-hydrogen) atoms. The largest absolute Gasteiger partial charge is 0.495 e. The molecule has 1 heterocycles. The van der Waals surface area contributed by atoms with Crippen LogP contribution >= 0.6 is 23.2 Å². The number of anilines is 2. The fourth-order valence-corrected chi connectivity index (χ4v) is 3.13. The van der Waals surface area contributed by atoms with Crippen LogP contribution in [0.1, 0.15) is 23.2 Å². The van der Waals surface area contributed by atoms with Gasteiger partial charge in [0.05, 0.1) is 24.0 Å². The maximum absolute atomic E-state index is 12.8. The molecule has 130 valence electrons. The maximum atomic E-state index is 12.8. The van der Waals surface area contributed by atoms with E-state index in [0.29, 0.717) is 45.7 Å². The number of nitrogens with zero attached hydrogens (tertiary/aromatic N) is 1. The number of carbonyl (C=O) groups is 2. The molecular weight excluding hydrogens is 363 g/mol. The molecule has 0 spiro atoms. The average molecular weight is 379 g/mol. The minimum atomic E-state index is -0.369. The molecule has 2 aromatic carbocycles. The second kappa shape index (κ2) is 7.33. The highest BCUT2D eigenvalue weighted by molar-refractivity contribution is 6.31. The molecular formula is C18H16Cl2N2O3. The van der Waals surface area contributed by atoms with Crippen molar-refractivity contribution in [1.29, 1.82) is 0 Å². The number of rotatable bonds is 4. The Kier molecular flexibility index (Phi) is 5.16. The van der Waals surface area contributed by atoms with Gasteiger partial charge in [0.25, 0.3) is 5.91 Å². The van der Waals surface area contributed by atoms with Gasteiger partial charge in [0.1, 0.15) is 5.75 Å². The Balaban J connectivity index is 1.95. The Morgan fingerprint density at radius 1 is 1.16 bits per heavy atom. The van der Waals surface area contributed by atoms with Crippen molar-refractivity contribution in [3.05, 3.63) is 52.0 Å². The molecule has 1 aliphatic heterocycles. The lowest BCUT2D eigenvalue weighted by Crippen LogP contribution is -2.27. The van der Waals surface area contributed by atoms with Crippen LogP contribution < -0.4 is 15.0 Å². The standard InChI is InChI=1S/C18H16Cl2N2O3/c1-25-16-7-5-11(19)9-14(16)21-18(24)13-6-4-12(20)10-15(13)22-8-2-3-17(22)23/h4-7,9-10H,2-3,8H2,1H3,(H,21,24). The van der Waals surface area contributed by atoms with E-state index >= 15 is 0 Å². The molecule has 0 aliphatic carbocycles. The van der Waals surface area contributed by atoms with E-state index in [1.165, 1.54) is 7.11 Å². The van der Waals surface area contributed by atoms with Gasteiger partial charge in [0.2, 0.25) is 5.91 Å². The zero-order valence-corrected chi connectivity index (χ0v) is 15.0. The summed E-state index contributed by atoms with van der Waals surface area (Å²) >= 11 is 12.1. The molecule has 5 nitrogen and oxygen atoms in total. The molecule has 1 N–H and O–H groups in total. The van der Waals surface area contributed by atoms with Crippen molar-refractivity contribution in [2.75, 3.05) is 23.9 Å². The summed E-state index contributed by atoms with van der Waals surface area (Å²) in [5.41, 5.74) is 1.32. The summed E-state index contributed by atoms with van der Waals surface area (Å²) < 4.78 is 5.24. The lowest BCUT2D eigenvalue weighted by atomic mass is 10.1. The third-order valence-corrected chi connectivity index (χ3v) is 4.45. The van der Waals surface area contributed by atoms with Gasteiger partial charge < -0.3 is 15.0 Å². The molecule has 0 unspecified atom stereocenters. The van der Waals surface area contributed by atoms with E-state index in [-0.39, 0.29) is 11.8 Å². The molecule has 2 amide bonds. The van der Waals surface area contributed by atoms with E-state index < -0.39 is 0 Å². The summed E-state index contributed by atoms with van der Waals surface area (Å²) in [4.78, 5) is 26.5. The third kappa shape index (κ3) is 3.72. The van der Waals surface area contributed by atoms with Crippen molar-refractivity contribution in [3.63, 3.8) is 0 Å². The highest BCUT2D eigenvalue weighted by atomic mass is 35.5. The first-order chi connectivity index (χ1) is 12.0. The van der Waals surface area contributed by atoms with Crippen LogP contribution in [0.3, 0.4) is 0 Å². The molecule has 1 aliphatic rings. The molecule has 0 saturated carbocycles. The van der Waals surface area contributed by atoms with Gasteiger partial charge in [-0.1, -0.05) is 23.2 Å². The monoisotopic (exact) mass is 378 g/mol. The highest BCUT2D eigenvalue weighted by Gasteiger charge is 2.26. The van der Waals surface area contributed by atoms with Crippen LogP contribution in [0, 0.1) is 0 Å². The maximum Gasteiger partial charge on any atom is 0.257 e. The van der Waals surface area contributed by atoms with Crippen LogP contribution in [-0.4, -0.2) is 25.5 Å². The molecule has 1 fully saturated rings. The van der Waals surface area contributed by atoms with Crippen molar-refractivity contribution in [2.45, 2.75) is 12.8 Å². The average Bonchev–Trinajstić information content (AvgIpc) is 3.01. The molecule has 0 bridgehead atoms. The lowest BCUT2D eigenvalue weighted by Gasteiger charge is -2.20. The Bertz CT molecular complexity index is 839. The van der Waals surface area contributed by atoms with Crippen molar-refractivity contribution in [2.24, 2.45) is 0 Å². The SMILES string of the molecule is COc1ccc(Cl)cc1NC(=O)c1ccc(Cl)cc1N1CCCC1=O. The van der Waals surface area contributed by atoms with Crippen LogP contribution in [0.15, 0.2) is 36.4 Å². The topological polar surface area (TPSA) is 58.6 Å². The van der Waals surface area contributed by atoms with E-state index in [1.807, 2.05) is 0 Å². The van der Waals surface area contributed by atoms with Gasteiger partial charge in [0, 0.05) is 23.0 Å². The van der Waals surface area contributed by atoms with Gasteiger partial charge in [-0.3, -0.25) is 9.59 Å². The number of amides is 2. The molecule has 0 aromatic heterocycles. The predicted molar refractivity (Wildman–Crippen MR) is 99.0 cm³/mol. The van der Waals surface area contributed by atoms with Gasteiger partial charge in [-0.25, -0.2) is 0 Å². The minimum Gasteiger partial charge on any atom is -0.495 e. The summed E-state index contributed by atoms with van der Waals surface area (Å²) in [5, 5.41) is 3.73. The van der Waals surface area contributed by atoms with Crippen LogP contribution in [0.4, 0.5) is 11.4 Å². The predicted octanol–water partition coefficient (Wildman–Crippen LogP) is 4.38. The summed E-state index contributed by atoms with van der Waals surface area (Å²) in [7, 11) is 1.51. The molecule has 3 rings (SSSR count). The first-order valence-electron chi connectivity index (χ1n) is 7.74. The van der Waals surface area contributed by atoms with E-state index in [9.17, 15) is 9.59 Å². The zero-order chi connectivity index (χ0) is 18.0. The first kappa shape index (κ1) is 17.6. The normalized spacial score (nSPS) is 13.9. The number of halogens is 2. The molecule has 7 heteroatoms. The number of ether oxygens (including phenoxy) is 1. The number of hydrogen-bond donors (Lipinski definition) is 1. The van der Waals surface area contributed by atoms with Gasteiger partial charge in [0.15, 0.2) is 0 Å². The van der Waals surface area contributed by atoms with Gasteiger partial charge in [-0.15, -0.1) is 0 Å². The number of nitrogens with one attached hydrogen (secondary N) is 1. The van der Waals surface area contributed by atoms with E-state index in [1.54, 1.807) is 41.3 Å². The van der Waals surface area contributed by atoms with Crippen molar-refractivity contribution in [1.82, 2.24) is 0 Å². The fraction of sp³-hybridized carbons (Fsp3) is 0.222. The van der Waals surface area contributed by atoms with E-state index in [2.05, 4.69) is 5.32 Å². The molecule has 0 atom stereocenters. The Labute approximate surface area is 155 Å². The van der Waals surface area contributed by atoms with Crippen LogP contribution in [0.25, 0.3) is 0 Å². The van der Waals surface area contributed by atoms with Gasteiger partial charge in [-0.05, 0) is 42.8 Å². The third-order valence-electron chi connectivity index (χ3n) is 3.98. The molecule has 2 aromatic rings. The number of carbonyl (C=O) groups excluding carboxylic acids is 2. The first-order valence-corrected chi connectivity index (χ1v) is 8.50. The van der Waals surface area contributed by atoms with Crippen LogP contribution in [0.2, 0.25) is 10.0 Å². The van der Waals surface area contributed by atoms with Gasteiger partial charge >= 0.3 is 0 Å². The van der Waals surface area contributed by atoms with Crippen molar-refractivity contribution in [3.8, 4) is 5.75 Å². The van der Waals surface area contributed by atoms with Crippen LogP contribution in [-0.2, 0) is 4.79 Å². The second-order valence-electron chi connectivity index (χ2n) is 5.61. The zero-order valence-electron chi connectivity index (χ0n) is 13.5. The summed E-state index contributed by atoms with van der Waals surface area (Å²) in [6.45, 7) is 0.569.